The molecule has 0 aliphatic carbocycles. The number of aromatic nitrogens is 3. The zero-order chi connectivity index (χ0) is 18.4. The minimum Gasteiger partial charge on any atom is -0.282 e. The van der Waals surface area contributed by atoms with Crippen molar-refractivity contribution in [2.24, 2.45) is 0 Å². The molecule has 0 saturated carbocycles. The summed E-state index contributed by atoms with van der Waals surface area (Å²) in [5, 5.41) is 0.278. The molecular weight excluding hydrogens is 377 g/mol. The summed E-state index contributed by atoms with van der Waals surface area (Å²) in [5.74, 6) is -0.275. The molecule has 0 amide bonds. The number of hydrogen-bond donors (Lipinski definition) is 2. The second-order valence-electron chi connectivity index (χ2n) is 4.83. The number of rotatable bonds is 3. The van der Waals surface area contributed by atoms with Crippen molar-refractivity contribution in [2.75, 3.05) is 0 Å². The lowest BCUT2D eigenvalue weighted by Gasteiger charge is -2.09. The molecule has 2 N–H and O–H groups in total. The van der Waals surface area contributed by atoms with E-state index in [9.17, 15) is 25.8 Å². The lowest BCUT2D eigenvalue weighted by atomic mass is 10.0. The van der Waals surface area contributed by atoms with Crippen molar-refractivity contribution >= 4 is 31.0 Å². The van der Waals surface area contributed by atoms with E-state index in [1.807, 2.05) is 6.33 Å². The Morgan fingerprint density at radius 2 is 1.56 bits per heavy atom. The average molecular weight is 384 g/mol. The molecule has 25 heavy (non-hydrogen) atoms. The van der Waals surface area contributed by atoms with Crippen molar-refractivity contribution in [1.82, 2.24) is 15.0 Å². The largest absolute Gasteiger partial charge is 0.312 e. The first-order valence-electron chi connectivity index (χ1n) is 6.36. The molecule has 0 fully saturated rings. The predicted octanol–water partition coefficient (Wildman–Crippen LogP) is 1.12. The van der Waals surface area contributed by atoms with Crippen LogP contribution < -0.4 is 0 Å². The van der Waals surface area contributed by atoms with E-state index in [1.165, 1.54) is 6.07 Å². The van der Waals surface area contributed by atoms with Gasteiger partial charge >= 0.3 is 6.08 Å². The molecule has 12 heteroatoms. The Morgan fingerprint density at radius 3 is 2.16 bits per heavy atom. The Balaban J connectivity index is 2.42. The van der Waals surface area contributed by atoms with Gasteiger partial charge in [-0.05, 0) is 35.0 Å². The summed E-state index contributed by atoms with van der Waals surface area (Å²) in [4.78, 5) is 9.03. The Kier molecular flexibility index (Phi) is 3.99. The Hall–Kier alpha value is -2.54. The van der Waals surface area contributed by atoms with Crippen molar-refractivity contribution in [3.63, 3.8) is 0 Å². The molecule has 2 aromatic carbocycles. The molecule has 0 aliphatic rings. The van der Waals surface area contributed by atoms with Crippen LogP contribution in [0.5, 0.6) is 0 Å². The van der Waals surface area contributed by atoms with Crippen LogP contribution in [0.2, 0.25) is 0 Å². The lowest BCUT2D eigenvalue weighted by Crippen LogP contribution is -2.02. The molecule has 0 aliphatic heterocycles. The highest BCUT2D eigenvalue weighted by atomic mass is 32.2. The van der Waals surface area contributed by atoms with Gasteiger partial charge in [-0.15, -0.1) is 0 Å². The SMILES string of the molecule is O=S(=O)(O)c1ccc2c(-c3n[c]nc(F)n3)cc(S(=O)(=O)O)cc2c1. The monoisotopic (exact) mass is 384 g/mol. The van der Waals surface area contributed by atoms with Gasteiger partial charge in [-0.2, -0.15) is 31.2 Å². The fourth-order valence-corrected chi connectivity index (χ4v) is 3.24. The van der Waals surface area contributed by atoms with E-state index in [1.54, 1.807) is 0 Å². The summed E-state index contributed by atoms with van der Waals surface area (Å²) in [6, 6.07) is 5.29. The van der Waals surface area contributed by atoms with Crippen LogP contribution in [-0.2, 0) is 20.2 Å². The third-order valence-electron chi connectivity index (χ3n) is 3.23. The van der Waals surface area contributed by atoms with Crippen LogP contribution in [0.25, 0.3) is 22.2 Å². The third-order valence-corrected chi connectivity index (χ3v) is 4.91. The van der Waals surface area contributed by atoms with Gasteiger partial charge in [0.2, 0.25) is 6.33 Å². The number of halogens is 1. The van der Waals surface area contributed by atoms with E-state index in [0.717, 1.165) is 24.3 Å². The summed E-state index contributed by atoms with van der Waals surface area (Å²) in [6.07, 6.45) is 0.839. The second-order valence-corrected chi connectivity index (χ2v) is 7.68. The van der Waals surface area contributed by atoms with Crippen LogP contribution in [-0.4, -0.2) is 40.9 Å². The van der Waals surface area contributed by atoms with Crippen molar-refractivity contribution in [3.8, 4) is 11.4 Å². The molecule has 0 bridgehead atoms. The predicted molar refractivity (Wildman–Crippen MR) is 81.2 cm³/mol. The molecule has 3 aromatic rings. The zero-order valence-corrected chi connectivity index (χ0v) is 13.6. The summed E-state index contributed by atoms with van der Waals surface area (Å²) < 4.78 is 77.1. The molecule has 129 valence electrons. The number of benzene rings is 2. The molecule has 9 nitrogen and oxygen atoms in total. The van der Waals surface area contributed by atoms with E-state index in [2.05, 4.69) is 15.0 Å². The smallest absolute Gasteiger partial charge is 0.282 e. The number of fused-ring (bicyclic) bond motifs is 1. The molecule has 1 radical (unpaired) electrons. The zero-order valence-electron chi connectivity index (χ0n) is 12.0. The highest BCUT2D eigenvalue weighted by Gasteiger charge is 2.18. The fourth-order valence-electron chi connectivity index (χ4n) is 2.19. The molecule has 0 saturated heterocycles. The van der Waals surface area contributed by atoms with Gasteiger partial charge in [-0.3, -0.25) is 9.11 Å². The number of nitrogens with zero attached hydrogens (tertiary/aromatic N) is 3. The highest BCUT2D eigenvalue weighted by molar-refractivity contribution is 7.86. The van der Waals surface area contributed by atoms with Gasteiger partial charge in [-0.1, -0.05) is 6.07 Å². The van der Waals surface area contributed by atoms with Crippen LogP contribution in [0.3, 0.4) is 0 Å². The summed E-state index contributed by atoms with van der Waals surface area (Å²) in [5.41, 5.74) is -0.00966. The van der Waals surface area contributed by atoms with Gasteiger partial charge in [0.05, 0.1) is 9.79 Å². The third kappa shape index (κ3) is 3.46. The van der Waals surface area contributed by atoms with E-state index < -0.39 is 36.1 Å². The van der Waals surface area contributed by atoms with Gasteiger partial charge in [-0.25, -0.2) is 4.98 Å². The molecular formula is C13H7FN3O6S2. The van der Waals surface area contributed by atoms with Gasteiger partial charge in [0.15, 0.2) is 5.82 Å². The fraction of sp³-hybridized carbons (Fsp3) is 0. The average Bonchev–Trinajstić information content (AvgIpc) is 2.51. The van der Waals surface area contributed by atoms with E-state index in [-0.39, 0.29) is 22.2 Å². The normalized spacial score (nSPS) is 12.4. The molecule has 1 aromatic heterocycles. The van der Waals surface area contributed by atoms with Crippen molar-refractivity contribution in [3.05, 3.63) is 42.7 Å². The maximum atomic E-state index is 13.2. The summed E-state index contributed by atoms with van der Waals surface area (Å²) in [7, 11) is -9.22. The van der Waals surface area contributed by atoms with Gasteiger partial charge in [0, 0.05) is 5.56 Å². The van der Waals surface area contributed by atoms with Crippen molar-refractivity contribution in [2.45, 2.75) is 9.79 Å². The van der Waals surface area contributed by atoms with Crippen molar-refractivity contribution in [1.29, 1.82) is 0 Å². The second kappa shape index (κ2) is 5.77. The van der Waals surface area contributed by atoms with Crippen LogP contribution in [0.4, 0.5) is 4.39 Å². The highest BCUT2D eigenvalue weighted by Crippen LogP contribution is 2.31. The Bertz CT molecular complexity index is 1210. The Labute approximate surface area is 140 Å². The summed E-state index contributed by atoms with van der Waals surface area (Å²) >= 11 is 0. The van der Waals surface area contributed by atoms with E-state index >= 15 is 0 Å². The molecule has 3 rings (SSSR count). The maximum Gasteiger partial charge on any atom is 0.312 e. The molecule has 0 atom stereocenters. The lowest BCUT2D eigenvalue weighted by molar-refractivity contribution is 0.481. The van der Waals surface area contributed by atoms with Gasteiger partial charge in [0.25, 0.3) is 20.2 Å². The number of hydrogen-bond acceptors (Lipinski definition) is 7. The van der Waals surface area contributed by atoms with Gasteiger partial charge < -0.3 is 0 Å². The topological polar surface area (TPSA) is 147 Å². The molecule has 0 unspecified atom stereocenters. The van der Waals surface area contributed by atoms with Crippen LogP contribution >= 0.6 is 0 Å². The van der Waals surface area contributed by atoms with Crippen LogP contribution in [0.15, 0.2) is 40.1 Å². The molecule has 1 heterocycles. The summed E-state index contributed by atoms with van der Waals surface area (Å²) in [6.45, 7) is 0. The van der Waals surface area contributed by atoms with Crippen LogP contribution in [0.1, 0.15) is 0 Å². The quantitative estimate of drug-likeness (QED) is 0.634. The molecule has 0 spiro atoms. The van der Waals surface area contributed by atoms with Crippen LogP contribution in [0, 0.1) is 12.4 Å². The maximum absolute atomic E-state index is 13.2. The van der Waals surface area contributed by atoms with E-state index in [4.69, 9.17) is 4.55 Å². The minimum atomic E-state index is -4.67. The van der Waals surface area contributed by atoms with E-state index in [0.29, 0.717) is 0 Å². The first-order chi connectivity index (χ1) is 11.6. The van der Waals surface area contributed by atoms with Crippen molar-refractivity contribution < 1.29 is 30.3 Å². The minimum absolute atomic E-state index is 0.00966. The van der Waals surface area contributed by atoms with Gasteiger partial charge in [0.1, 0.15) is 0 Å². The standard InChI is InChI=1S/C13H7FN3O6S2/c14-13-16-6-15-12(17-13)11-5-9(25(21,22)23)4-7-3-8(24(18,19)20)1-2-10(7)11/h1-5H,(H,18,19,20)(H,21,22,23). The first-order valence-corrected chi connectivity index (χ1v) is 9.24. The first kappa shape index (κ1) is 17.3. The Morgan fingerprint density at radius 1 is 0.920 bits per heavy atom.